The summed E-state index contributed by atoms with van der Waals surface area (Å²) in [5.74, 6) is -0.113. The predicted molar refractivity (Wildman–Crippen MR) is 150 cm³/mol. The van der Waals surface area contributed by atoms with Crippen molar-refractivity contribution >= 4 is 28.4 Å². The molecule has 2 amide bonds. The van der Waals surface area contributed by atoms with Gasteiger partial charge in [0.05, 0.1) is 23.0 Å². The minimum absolute atomic E-state index is 0.0906. The number of benzene rings is 3. The Balaban J connectivity index is 1.66. The number of aromatic nitrogens is 2. The van der Waals surface area contributed by atoms with Gasteiger partial charge in [0.15, 0.2) is 0 Å². The number of nitrogens with one attached hydrogen (secondary N) is 2. The molecule has 0 aliphatic rings. The van der Waals surface area contributed by atoms with Crippen LogP contribution in [0.1, 0.15) is 31.9 Å². The number of fused-ring (bicyclic) bond motifs is 1. The molecule has 8 nitrogen and oxygen atoms in total. The van der Waals surface area contributed by atoms with Gasteiger partial charge in [0, 0.05) is 12.2 Å². The molecule has 0 radical (unpaired) electrons. The van der Waals surface area contributed by atoms with Crippen molar-refractivity contribution in [2.75, 3.05) is 11.9 Å². The minimum Gasteiger partial charge on any atom is -0.356 e. The first kappa shape index (κ1) is 26.6. The first-order chi connectivity index (χ1) is 18.3. The van der Waals surface area contributed by atoms with E-state index < -0.39 is 11.2 Å². The Kier molecular flexibility index (Phi) is 8.21. The second-order valence-electron chi connectivity index (χ2n) is 9.67. The van der Waals surface area contributed by atoms with Crippen LogP contribution in [0.25, 0.3) is 16.6 Å². The maximum Gasteiger partial charge on any atom is 0.336 e. The van der Waals surface area contributed by atoms with Gasteiger partial charge in [-0.3, -0.25) is 19.0 Å². The van der Waals surface area contributed by atoms with Crippen LogP contribution >= 0.6 is 0 Å². The van der Waals surface area contributed by atoms with E-state index in [0.717, 1.165) is 22.1 Å². The maximum atomic E-state index is 13.6. The molecule has 38 heavy (non-hydrogen) atoms. The molecule has 1 aromatic heterocycles. The molecule has 0 atom stereocenters. The average Bonchev–Trinajstić information content (AvgIpc) is 2.91. The van der Waals surface area contributed by atoms with Crippen LogP contribution in [-0.4, -0.2) is 27.5 Å². The van der Waals surface area contributed by atoms with Crippen LogP contribution in [0.15, 0.2) is 82.4 Å². The molecule has 8 heteroatoms. The van der Waals surface area contributed by atoms with Crippen LogP contribution in [0.4, 0.5) is 5.69 Å². The lowest BCUT2D eigenvalue weighted by Gasteiger charge is -2.15. The Morgan fingerprint density at radius 1 is 0.868 bits per heavy atom. The quantitative estimate of drug-likeness (QED) is 0.357. The van der Waals surface area contributed by atoms with Gasteiger partial charge in [0.2, 0.25) is 11.8 Å². The summed E-state index contributed by atoms with van der Waals surface area (Å²) in [5.41, 5.74) is 2.15. The molecule has 3 aromatic carbocycles. The SMILES string of the molecule is CCc1cccc(NC(=O)Cn2c(=O)n(-c3ccc(CC(=O)NCC(C)C)cc3)c(=O)c3ccccc32)c1. The molecule has 1 heterocycles. The molecule has 0 bridgehead atoms. The molecule has 0 fully saturated rings. The van der Waals surface area contributed by atoms with E-state index in [0.29, 0.717) is 34.7 Å². The Morgan fingerprint density at radius 3 is 2.32 bits per heavy atom. The first-order valence-corrected chi connectivity index (χ1v) is 12.8. The number of carbonyl (C=O) groups is 2. The molecule has 2 N–H and O–H groups in total. The Labute approximate surface area is 220 Å². The molecule has 0 spiro atoms. The number of anilines is 1. The van der Waals surface area contributed by atoms with E-state index in [1.165, 1.54) is 4.57 Å². The molecule has 0 aliphatic heterocycles. The van der Waals surface area contributed by atoms with Gasteiger partial charge in [-0.15, -0.1) is 0 Å². The fourth-order valence-corrected chi connectivity index (χ4v) is 4.24. The lowest BCUT2D eigenvalue weighted by molar-refractivity contribution is -0.120. The topological polar surface area (TPSA) is 102 Å². The molecule has 4 aromatic rings. The zero-order chi connectivity index (χ0) is 27.2. The molecule has 4 rings (SSSR count). The number of para-hydroxylation sites is 1. The standard InChI is InChI=1S/C30H32N4O4/c1-4-21-8-7-9-23(16-21)32-28(36)19-33-26-11-6-5-10-25(26)29(37)34(30(33)38)24-14-12-22(13-15-24)17-27(35)31-18-20(2)3/h5-16,20H,4,17-19H2,1-3H3,(H,31,35)(H,32,36). The van der Waals surface area contributed by atoms with Crippen molar-refractivity contribution < 1.29 is 9.59 Å². The third kappa shape index (κ3) is 6.08. The molecule has 0 saturated carbocycles. The van der Waals surface area contributed by atoms with Crippen LogP contribution in [0.2, 0.25) is 0 Å². The van der Waals surface area contributed by atoms with E-state index in [9.17, 15) is 19.2 Å². The van der Waals surface area contributed by atoms with Gasteiger partial charge in [-0.05, 0) is 59.9 Å². The fraction of sp³-hybridized carbons (Fsp3) is 0.267. The van der Waals surface area contributed by atoms with E-state index in [1.807, 2.05) is 39.0 Å². The van der Waals surface area contributed by atoms with Crippen molar-refractivity contribution in [2.24, 2.45) is 5.92 Å². The predicted octanol–water partition coefficient (Wildman–Crippen LogP) is 3.67. The third-order valence-electron chi connectivity index (χ3n) is 6.24. The number of hydrogen-bond donors (Lipinski definition) is 2. The fourth-order valence-electron chi connectivity index (χ4n) is 4.24. The third-order valence-corrected chi connectivity index (χ3v) is 6.24. The van der Waals surface area contributed by atoms with Gasteiger partial charge in [-0.1, -0.05) is 57.2 Å². The number of hydrogen-bond acceptors (Lipinski definition) is 4. The minimum atomic E-state index is -0.617. The molecular weight excluding hydrogens is 480 g/mol. The number of nitrogens with zero attached hydrogens (tertiary/aromatic N) is 2. The highest BCUT2D eigenvalue weighted by Crippen LogP contribution is 2.14. The molecule has 0 unspecified atom stereocenters. The van der Waals surface area contributed by atoms with E-state index in [4.69, 9.17) is 0 Å². The van der Waals surface area contributed by atoms with Crippen LogP contribution in [0.3, 0.4) is 0 Å². The van der Waals surface area contributed by atoms with Crippen molar-refractivity contribution in [2.45, 2.75) is 40.2 Å². The summed E-state index contributed by atoms with van der Waals surface area (Å²) in [6.07, 6.45) is 1.03. The van der Waals surface area contributed by atoms with Crippen molar-refractivity contribution in [3.63, 3.8) is 0 Å². The number of aryl methyl sites for hydroxylation is 1. The van der Waals surface area contributed by atoms with Gasteiger partial charge < -0.3 is 10.6 Å². The van der Waals surface area contributed by atoms with E-state index in [1.54, 1.807) is 54.6 Å². The number of carbonyl (C=O) groups excluding carboxylic acids is 2. The monoisotopic (exact) mass is 512 g/mol. The first-order valence-electron chi connectivity index (χ1n) is 12.8. The van der Waals surface area contributed by atoms with Crippen LogP contribution in [0, 0.1) is 5.92 Å². The Morgan fingerprint density at radius 2 is 1.61 bits per heavy atom. The summed E-state index contributed by atoms with van der Waals surface area (Å²) in [6.45, 7) is 6.42. The van der Waals surface area contributed by atoms with Gasteiger partial charge >= 0.3 is 5.69 Å². The number of rotatable bonds is 9. The molecular formula is C30H32N4O4. The second kappa shape index (κ2) is 11.7. The zero-order valence-electron chi connectivity index (χ0n) is 21.9. The van der Waals surface area contributed by atoms with Crippen molar-refractivity contribution in [3.05, 3.63) is 105 Å². The normalized spacial score (nSPS) is 11.1. The zero-order valence-corrected chi connectivity index (χ0v) is 21.9. The summed E-state index contributed by atoms with van der Waals surface area (Å²) >= 11 is 0. The summed E-state index contributed by atoms with van der Waals surface area (Å²) in [4.78, 5) is 52.1. The molecule has 0 saturated heterocycles. The van der Waals surface area contributed by atoms with Crippen LogP contribution in [-0.2, 0) is 29.0 Å². The Hall–Kier alpha value is -4.46. The Bertz CT molecular complexity index is 1580. The second-order valence-corrected chi connectivity index (χ2v) is 9.67. The van der Waals surface area contributed by atoms with Gasteiger partial charge in [0.1, 0.15) is 6.54 Å². The smallest absolute Gasteiger partial charge is 0.336 e. The maximum absolute atomic E-state index is 13.6. The highest BCUT2D eigenvalue weighted by molar-refractivity contribution is 5.91. The molecule has 0 aliphatic carbocycles. The number of amides is 2. The lowest BCUT2D eigenvalue weighted by Crippen LogP contribution is -2.40. The van der Waals surface area contributed by atoms with Crippen molar-refractivity contribution in [1.82, 2.24) is 14.5 Å². The largest absolute Gasteiger partial charge is 0.356 e. The van der Waals surface area contributed by atoms with Crippen LogP contribution in [0.5, 0.6) is 0 Å². The van der Waals surface area contributed by atoms with Gasteiger partial charge in [0.25, 0.3) is 5.56 Å². The average molecular weight is 513 g/mol. The molecule has 196 valence electrons. The van der Waals surface area contributed by atoms with Gasteiger partial charge in [-0.25, -0.2) is 9.36 Å². The summed E-state index contributed by atoms with van der Waals surface area (Å²) in [7, 11) is 0. The summed E-state index contributed by atoms with van der Waals surface area (Å²) in [6, 6.07) is 21.0. The highest BCUT2D eigenvalue weighted by atomic mass is 16.2. The van der Waals surface area contributed by atoms with Crippen LogP contribution < -0.4 is 21.9 Å². The van der Waals surface area contributed by atoms with Crippen molar-refractivity contribution in [1.29, 1.82) is 0 Å². The van der Waals surface area contributed by atoms with Crippen molar-refractivity contribution in [3.8, 4) is 5.69 Å². The summed E-state index contributed by atoms with van der Waals surface area (Å²) < 4.78 is 2.37. The summed E-state index contributed by atoms with van der Waals surface area (Å²) in [5, 5.41) is 6.05. The van der Waals surface area contributed by atoms with E-state index >= 15 is 0 Å². The lowest BCUT2D eigenvalue weighted by atomic mass is 10.1. The van der Waals surface area contributed by atoms with E-state index in [2.05, 4.69) is 10.6 Å². The van der Waals surface area contributed by atoms with E-state index in [-0.39, 0.29) is 24.8 Å². The highest BCUT2D eigenvalue weighted by Gasteiger charge is 2.17. The van der Waals surface area contributed by atoms with Gasteiger partial charge in [-0.2, -0.15) is 0 Å².